The van der Waals surface area contributed by atoms with E-state index in [1.807, 2.05) is 0 Å². The van der Waals surface area contributed by atoms with Crippen molar-refractivity contribution < 1.29 is 5.11 Å². The maximum Gasteiger partial charge on any atom is 0.185 e. The van der Waals surface area contributed by atoms with Crippen molar-refractivity contribution in [2.75, 3.05) is 18.5 Å². The SMILES string of the molecule is CCCN(C)c1nc2c(s1)C(O)CC(C)(C)C2. The van der Waals surface area contributed by atoms with Crippen LogP contribution in [-0.4, -0.2) is 23.7 Å². The van der Waals surface area contributed by atoms with Gasteiger partial charge in [0.1, 0.15) is 0 Å². The Kier molecular flexibility index (Phi) is 3.46. The lowest BCUT2D eigenvalue weighted by atomic mass is 9.77. The molecule has 1 heterocycles. The van der Waals surface area contributed by atoms with Gasteiger partial charge in [-0.05, 0) is 24.7 Å². The molecule has 3 nitrogen and oxygen atoms in total. The van der Waals surface area contributed by atoms with Crippen molar-refractivity contribution in [1.29, 1.82) is 0 Å². The van der Waals surface area contributed by atoms with Gasteiger partial charge in [0.25, 0.3) is 0 Å². The van der Waals surface area contributed by atoms with Crippen LogP contribution in [0.5, 0.6) is 0 Å². The third-order valence-corrected chi connectivity index (χ3v) is 4.61. The van der Waals surface area contributed by atoms with Gasteiger partial charge >= 0.3 is 0 Å². The number of thiazole rings is 1. The quantitative estimate of drug-likeness (QED) is 0.901. The summed E-state index contributed by atoms with van der Waals surface area (Å²) in [6, 6.07) is 0. The maximum atomic E-state index is 10.2. The van der Waals surface area contributed by atoms with Crippen LogP contribution < -0.4 is 4.90 Å². The minimum Gasteiger partial charge on any atom is -0.387 e. The van der Waals surface area contributed by atoms with E-state index in [1.54, 1.807) is 11.3 Å². The van der Waals surface area contributed by atoms with E-state index in [9.17, 15) is 5.11 Å². The molecule has 1 aromatic heterocycles. The van der Waals surface area contributed by atoms with Crippen LogP contribution in [0, 0.1) is 5.41 Å². The predicted octanol–water partition coefficient (Wildman–Crippen LogP) is 3.00. The molecule has 0 radical (unpaired) electrons. The zero-order valence-electron chi connectivity index (χ0n) is 11.2. The Bertz CT molecular complexity index is 400. The number of aliphatic hydroxyl groups is 1. The van der Waals surface area contributed by atoms with Crippen LogP contribution >= 0.6 is 11.3 Å². The summed E-state index contributed by atoms with van der Waals surface area (Å²) in [6.07, 6.45) is 2.62. The van der Waals surface area contributed by atoms with Crippen LogP contribution in [0.4, 0.5) is 5.13 Å². The zero-order chi connectivity index (χ0) is 12.6. The zero-order valence-corrected chi connectivity index (χ0v) is 12.0. The fraction of sp³-hybridized carbons (Fsp3) is 0.769. The van der Waals surface area contributed by atoms with Crippen LogP contribution in [0.3, 0.4) is 0 Å². The van der Waals surface area contributed by atoms with E-state index in [0.717, 1.165) is 41.5 Å². The van der Waals surface area contributed by atoms with Gasteiger partial charge < -0.3 is 10.0 Å². The number of fused-ring (bicyclic) bond motifs is 1. The molecular formula is C13H22N2OS. The van der Waals surface area contributed by atoms with E-state index in [-0.39, 0.29) is 11.5 Å². The minimum absolute atomic E-state index is 0.168. The summed E-state index contributed by atoms with van der Waals surface area (Å²) >= 11 is 1.66. The highest BCUT2D eigenvalue weighted by atomic mass is 32.1. The molecule has 0 saturated carbocycles. The van der Waals surface area contributed by atoms with Gasteiger partial charge in [-0.2, -0.15) is 0 Å². The van der Waals surface area contributed by atoms with E-state index in [2.05, 4.69) is 32.7 Å². The number of anilines is 1. The Labute approximate surface area is 107 Å². The molecule has 0 amide bonds. The summed E-state index contributed by atoms with van der Waals surface area (Å²) in [7, 11) is 2.07. The summed E-state index contributed by atoms with van der Waals surface area (Å²) in [6.45, 7) is 7.59. The van der Waals surface area contributed by atoms with Crippen LogP contribution in [0.1, 0.15) is 50.3 Å². The molecule has 1 atom stereocenters. The van der Waals surface area contributed by atoms with E-state index in [4.69, 9.17) is 4.98 Å². The fourth-order valence-electron chi connectivity index (χ4n) is 2.47. The van der Waals surface area contributed by atoms with Gasteiger partial charge in [0.15, 0.2) is 5.13 Å². The Morgan fingerprint density at radius 1 is 1.53 bits per heavy atom. The summed E-state index contributed by atoms with van der Waals surface area (Å²) in [4.78, 5) is 7.97. The van der Waals surface area contributed by atoms with Crippen molar-refractivity contribution in [2.24, 2.45) is 5.41 Å². The molecule has 1 N–H and O–H groups in total. The third-order valence-electron chi connectivity index (χ3n) is 3.30. The number of rotatable bonds is 3. The molecule has 17 heavy (non-hydrogen) atoms. The van der Waals surface area contributed by atoms with Crippen molar-refractivity contribution in [2.45, 2.75) is 46.1 Å². The first-order chi connectivity index (χ1) is 7.93. The molecule has 0 spiro atoms. The lowest BCUT2D eigenvalue weighted by Gasteiger charge is -2.31. The van der Waals surface area contributed by atoms with Crippen molar-refractivity contribution in [3.8, 4) is 0 Å². The van der Waals surface area contributed by atoms with Gasteiger partial charge in [0.05, 0.1) is 16.7 Å². The number of hydrogen-bond acceptors (Lipinski definition) is 4. The smallest absolute Gasteiger partial charge is 0.185 e. The van der Waals surface area contributed by atoms with Gasteiger partial charge in [-0.15, -0.1) is 0 Å². The van der Waals surface area contributed by atoms with Crippen molar-refractivity contribution in [3.05, 3.63) is 10.6 Å². The van der Waals surface area contributed by atoms with Crippen LogP contribution in [0.15, 0.2) is 0 Å². The predicted molar refractivity (Wildman–Crippen MR) is 72.7 cm³/mol. The van der Waals surface area contributed by atoms with Gasteiger partial charge in [-0.25, -0.2) is 4.98 Å². The molecule has 0 bridgehead atoms. The molecule has 2 rings (SSSR count). The van der Waals surface area contributed by atoms with E-state index in [0.29, 0.717) is 0 Å². The Hall–Kier alpha value is -0.610. The number of nitrogens with zero attached hydrogens (tertiary/aromatic N) is 2. The normalized spacial score (nSPS) is 22.3. The summed E-state index contributed by atoms with van der Waals surface area (Å²) in [5.41, 5.74) is 1.28. The van der Waals surface area contributed by atoms with Gasteiger partial charge in [-0.1, -0.05) is 32.1 Å². The second-order valence-corrected chi connectivity index (χ2v) is 6.80. The van der Waals surface area contributed by atoms with Crippen molar-refractivity contribution in [1.82, 2.24) is 4.98 Å². The van der Waals surface area contributed by atoms with E-state index >= 15 is 0 Å². The van der Waals surface area contributed by atoms with Crippen molar-refractivity contribution >= 4 is 16.5 Å². The fourth-order valence-corrected chi connectivity index (χ4v) is 3.53. The van der Waals surface area contributed by atoms with Gasteiger partial charge in [0, 0.05) is 13.6 Å². The molecule has 96 valence electrons. The lowest BCUT2D eigenvalue weighted by molar-refractivity contribution is 0.102. The molecule has 0 aliphatic heterocycles. The first-order valence-electron chi connectivity index (χ1n) is 6.32. The molecule has 4 heteroatoms. The standard InChI is InChI=1S/C13H22N2OS/c1-5-6-15(4)12-14-9-7-13(2,3)8-10(16)11(9)17-12/h10,16H,5-8H2,1-4H3. The largest absolute Gasteiger partial charge is 0.387 e. The average molecular weight is 254 g/mol. The van der Waals surface area contributed by atoms with Crippen LogP contribution in [0.2, 0.25) is 0 Å². The maximum absolute atomic E-state index is 10.2. The summed E-state index contributed by atoms with van der Waals surface area (Å²) < 4.78 is 0. The Morgan fingerprint density at radius 3 is 2.88 bits per heavy atom. The van der Waals surface area contributed by atoms with Crippen molar-refractivity contribution in [3.63, 3.8) is 0 Å². The molecule has 1 aromatic rings. The van der Waals surface area contributed by atoms with Crippen LogP contribution in [-0.2, 0) is 6.42 Å². The number of hydrogen-bond donors (Lipinski definition) is 1. The monoisotopic (exact) mass is 254 g/mol. The highest BCUT2D eigenvalue weighted by Gasteiger charge is 2.34. The van der Waals surface area contributed by atoms with Crippen LogP contribution in [0.25, 0.3) is 0 Å². The third kappa shape index (κ3) is 2.63. The number of aliphatic hydroxyl groups excluding tert-OH is 1. The number of aromatic nitrogens is 1. The van der Waals surface area contributed by atoms with Gasteiger partial charge in [-0.3, -0.25) is 0 Å². The molecular weight excluding hydrogens is 232 g/mol. The minimum atomic E-state index is -0.324. The first kappa shape index (κ1) is 12.8. The highest BCUT2D eigenvalue weighted by molar-refractivity contribution is 7.15. The second kappa shape index (κ2) is 4.58. The average Bonchev–Trinajstić information content (AvgIpc) is 2.60. The molecule has 1 aliphatic carbocycles. The summed E-state index contributed by atoms with van der Waals surface area (Å²) in [5, 5.41) is 11.2. The van der Waals surface area contributed by atoms with Gasteiger partial charge in [0.2, 0.25) is 0 Å². The molecule has 0 saturated heterocycles. The molecule has 0 fully saturated rings. The van der Waals surface area contributed by atoms with E-state index < -0.39 is 0 Å². The molecule has 1 unspecified atom stereocenters. The van der Waals surface area contributed by atoms with E-state index in [1.165, 1.54) is 0 Å². The highest BCUT2D eigenvalue weighted by Crippen LogP contribution is 2.44. The Balaban J connectivity index is 2.26. The molecule has 0 aromatic carbocycles. The summed E-state index contributed by atoms with van der Waals surface area (Å²) in [5.74, 6) is 0. The lowest BCUT2D eigenvalue weighted by Crippen LogP contribution is -2.24. The first-order valence-corrected chi connectivity index (χ1v) is 7.13. The topological polar surface area (TPSA) is 36.4 Å². The second-order valence-electron chi connectivity index (χ2n) is 5.79. The molecule has 1 aliphatic rings. The Morgan fingerprint density at radius 2 is 2.24 bits per heavy atom.